The van der Waals surface area contributed by atoms with Gasteiger partial charge >= 0.3 is 0 Å². The number of anilines is 1. The molecule has 2 aromatic rings. The Morgan fingerprint density at radius 1 is 1.15 bits per heavy atom. The normalized spacial score (nSPS) is 10.4. The van der Waals surface area contributed by atoms with E-state index in [1.807, 2.05) is 6.92 Å². The SMILES string of the molecule is CCOc1ccc(Cl)cc1NCc1ccc(F)cc1F. The number of ether oxygens (including phenoxy) is 1. The highest BCUT2D eigenvalue weighted by atomic mass is 35.5. The van der Waals surface area contributed by atoms with E-state index in [0.717, 1.165) is 6.07 Å². The van der Waals surface area contributed by atoms with Crippen molar-refractivity contribution in [3.8, 4) is 5.75 Å². The van der Waals surface area contributed by atoms with Crippen LogP contribution in [0.3, 0.4) is 0 Å². The molecule has 0 heterocycles. The second kappa shape index (κ2) is 6.57. The quantitative estimate of drug-likeness (QED) is 0.869. The van der Waals surface area contributed by atoms with E-state index in [-0.39, 0.29) is 6.54 Å². The minimum absolute atomic E-state index is 0.215. The van der Waals surface area contributed by atoms with Crippen LogP contribution in [0.25, 0.3) is 0 Å². The van der Waals surface area contributed by atoms with Gasteiger partial charge in [-0.05, 0) is 31.2 Å². The zero-order valence-corrected chi connectivity index (χ0v) is 11.7. The number of hydrogen-bond donors (Lipinski definition) is 1. The second-order valence-corrected chi connectivity index (χ2v) is 4.60. The van der Waals surface area contributed by atoms with E-state index in [9.17, 15) is 8.78 Å². The second-order valence-electron chi connectivity index (χ2n) is 4.16. The zero-order valence-electron chi connectivity index (χ0n) is 10.9. The summed E-state index contributed by atoms with van der Waals surface area (Å²) >= 11 is 5.93. The smallest absolute Gasteiger partial charge is 0.142 e. The van der Waals surface area contributed by atoms with Gasteiger partial charge in [-0.2, -0.15) is 0 Å². The van der Waals surface area contributed by atoms with Crippen LogP contribution in [0.4, 0.5) is 14.5 Å². The average molecular weight is 298 g/mol. The first-order valence-electron chi connectivity index (χ1n) is 6.20. The molecule has 1 N–H and O–H groups in total. The number of halogens is 3. The van der Waals surface area contributed by atoms with Crippen molar-refractivity contribution in [2.45, 2.75) is 13.5 Å². The van der Waals surface area contributed by atoms with Crippen molar-refractivity contribution in [1.82, 2.24) is 0 Å². The minimum atomic E-state index is -0.594. The maximum atomic E-state index is 13.5. The van der Waals surface area contributed by atoms with Gasteiger partial charge < -0.3 is 10.1 Å². The molecule has 0 unspecified atom stereocenters. The van der Waals surface area contributed by atoms with E-state index in [4.69, 9.17) is 16.3 Å². The molecule has 0 atom stereocenters. The molecule has 0 aromatic heterocycles. The third-order valence-corrected chi connectivity index (χ3v) is 2.96. The Morgan fingerprint density at radius 2 is 1.95 bits per heavy atom. The summed E-state index contributed by atoms with van der Waals surface area (Å²) in [4.78, 5) is 0. The maximum Gasteiger partial charge on any atom is 0.142 e. The van der Waals surface area contributed by atoms with Crippen molar-refractivity contribution in [3.63, 3.8) is 0 Å². The van der Waals surface area contributed by atoms with Crippen molar-refractivity contribution in [2.75, 3.05) is 11.9 Å². The van der Waals surface area contributed by atoms with E-state index in [1.54, 1.807) is 18.2 Å². The van der Waals surface area contributed by atoms with Gasteiger partial charge in [-0.15, -0.1) is 0 Å². The molecule has 2 nitrogen and oxygen atoms in total. The molecule has 0 saturated heterocycles. The Morgan fingerprint density at radius 3 is 2.65 bits per heavy atom. The van der Waals surface area contributed by atoms with Gasteiger partial charge in [0.05, 0.1) is 12.3 Å². The molecule has 0 fully saturated rings. The molecule has 106 valence electrons. The summed E-state index contributed by atoms with van der Waals surface area (Å²) in [6.45, 7) is 2.60. The van der Waals surface area contributed by atoms with Gasteiger partial charge in [0.25, 0.3) is 0 Å². The molecule has 0 aliphatic heterocycles. The van der Waals surface area contributed by atoms with E-state index in [2.05, 4.69) is 5.32 Å². The summed E-state index contributed by atoms with van der Waals surface area (Å²) < 4.78 is 31.8. The summed E-state index contributed by atoms with van der Waals surface area (Å²) in [6.07, 6.45) is 0. The van der Waals surface area contributed by atoms with Crippen molar-refractivity contribution in [3.05, 3.63) is 58.6 Å². The van der Waals surface area contributed by atoms with Crippen molar-refractivity contribution < 1.29 is 13.5 Å². The Hall–Kier alpha value is -1.81. The molecule has 0 aliphatic rings. The Kier molecular flexibility index (Phi) is 4.79. The third kappa shape index (κ3) is 3.61. The lowest BCUT2D eigenvalue weighted by Gasteiger charge is -2.13. The molecule has 2 aromatic carbocycles. The van der Waals surface area contributed by atoms with Gasteiger partial charge in [0.2, 0.25) is 0 Å². The number of hydrogen-bond acceptors (Lipinski definition) is 2. The predicted molar refractivity (Wildman–Crippen MR) is 76.3 cm³/mol. The molecule has 0 aliphatic carbocycles. The molecule has 5 heteroatoms. The summed E-state index contributed by atoms with van der Waals surface area (Å²) in [6, 6.07) is 8.65. The van der Waals surface area contributed by atoms with Crippen LogP contribution in [-0.4, -0.2) is 6.61 Å². The molecular weight excluding hydrogens is 284 g/mol. The van der Waals surface area contributed by atoms with Crippen molar-refractivity contribution in [2.24, 2.45) is 0 Å². The molecule has 0 radical (unpaired) electrons. The first-order chi connectivity index (χ1) is 9.60. The highest BCUT2D eigenvalue weighted by Gasteiger charge is 2.07. The standard InChI is InChI=1S/C15H14ClF2NO/c1-2-20-15-6-4-11(16)7-14(15)19-9-10-3-5-12(17)8-13(10)18/h3-8,19H,2,9H2,1H3. The van der Waals surface area contributed by atoms with Crippen LogP contribution in [0.5, 0.6) is 5.75 Å². The van der Waals surface area contributed by atoms with Crippen LogP contribution in [0.15, 0.2) is 36.4 Å². The maximum absolute atomic E-state index is 13.5. The fourth-order valence-electron chi connectivity index (χ4n) is 1.78. The zero-order chi connectivity index (χ0) is 14.5. The highest BCUT2D eigenvalue weighted by molar-refractivity contribution is 6.30. The third-order valence-electron chi connectivity index (χ3n) is 2.73. The molecule has 0 saturated carbocycles. The molecule has 0 bridgehead atoms. The lowest BCUT2D eigenvalue weighted by molar-refractivity contribution is 0.341. The summed E-state index contributed by atoms with van der Waals surface area (Å²) in [5, 5.41) is 3.60. The average Bonchev–Trinajstić information content (AvgIpc) is 2.41. The van der Waals surface area contributed by atoms with Gasteiger partial charge in [0.15, 0.2) is 0 Å². The molecular formula is C15H14ClF2NO. The Balaban J connectivity index is 2.15. The van der Waals surface area contributed by atoms with Gasteiger partial charge in [-0.1, -0.05) is 17.7 Å². The summed E-state index contributed by atoms with van der Waals surface area (Å²) in [5.74, 6) is -0.541. The first kappa shape index (κ1) is 14.6. The Bertz CT molecular complexity index is 604. The van der Waals surface area contributed by atoms with E-state index in [1.165, 1.54) is 12.1 Å². The highest BCUT2D eigenvalue weighted by Crippen LogP contribution is 2.28. The number of benzene rings is 2. The fourth-order valence-corrected chi connectivity index (χ4v) is 1.95. The van der Waals surface area contributed by atoms with E-state index < -0.39 is 11.6 Å². The summed E-state index contributed by atoms with van der Waals surface area (Å²) in [5.41, 5.74) is 1.04. The van der Waals surface area contributed by atoms with Gasteiger partial charge in [-0.3, -0.25) is 0 Å². The molecule has 20 heavy (non-hydrogen) atoms. The van der Waals surface area contributed by atoms with E-state index in [0.29, 0.717) is 28.6 Å². The first-order valence-corrected chi connectivity index (χ1v) is 6.58. The largest absolute Gasteiger partial charge is 0.492 e. The minimum Gasteiger partial charge on any atom is -0.492 e. The predicted octanol–water partition coefficient (Wildman–Crippen LogP) is 4.63. The van der Waals surface area contributed by atoms with Crippen LogP contribution < -0.4 is 10.1 Å². The van der Waals surface area contributed by atoms with Crippen LogP contribution in [0.2, 0.25) is 5.02 Å². The Labute approximate surface area is 121 Å². The van der Waals surface area contributed by atoms with Crippen LogP contribution in [-0.2, 0) is 6.54 Å². The lowest BCUT2D eigenvalue weighted by atomic mass is 10.2. The summed E-state index contributed by atoms with van der Waals surface area (Å²) in [7, 11) is 0. The number of rotatable bonds is 5. The topological polar surface area (TPSA) is 21.3 Å². The molecule has 2 rings (SSSR count). The van der Waals surface area contributed by atoms with Gasteiger partial charge in [-0.25, -0.2) is 8.78 Å². The van der Waals surface area contributed by atoms with Gasteiger partial charge in [0, 0.05) is 23.2 Å². The number of nitrogens with one attached hydrogen (secondary N) is 1. The molecule has 0 spiro atoms. The monoisotopic (exact) mass is 297 g/mol. The molecule has 0 amide bonds. The lowest BCUT2D eigenvalue weighted by Crippen LogP contribution is -2.04. The van der Waals surface area contributed by atoms with E-state index >= 15 is 0 Å². The van der Waals surface area contributed by atoms with Crippen LogP contribution in [0.1, 0.15) is 12.5 Å². The van der Waals surface area contributed by atoms with Crippen LogP contribution >= 0.6 is 11.6 Å². The van der Waals surface area contributed by atoms with Crippen molar-refractivity contribution >= 4 is 17.3 Å². The van der Waals surface area contributed by atoms with Crippen LogP contribution in [0, 0.1) is 11.6 Å². The fraction of sp³-hybridized carbons (Fsp3) is 0.200. The van der Waals surface area contributed by atoms with Gasteiger partial charge in [0.1, 0.15) is 17.4 Å². The van der Waals surface area contributed by atoms with Crippen molar-refractivity contribution in [1.29, 1.82) is 0 Å².